The molecule has 0 atom stereocenters. The molecule has 2 rings (SSSR count). The van der Waals surface area contributed by atoms with E-state index < -0.39 is 10.0 Å². The van der Waals surface area contributed by atoms with E-state index in [-0.39, 0.29) is 27.7 Å². The molecule has 0 radical (unpaired) electrons. The van der Waals surface area contributed by atoms with Crippen LogP contribution in [0.1, 0.15) is 0 Å². The molecule has 1 aromatic heterocycles. The number of para-hydroxylation sites is 2. The first-order chi connectivity index (χ1) is 9.95. The fraction of sp³-hybridized carbons (Fsp3) is 0.182. The van der Waals surface area contributed by atoms with Gasteiger partial charge in [-0.2, -0.15) is 13.7 Å². The van der Waals surface area contributed by atoms with Crippen LogP contribution in [0.15, 0.2) is 33.9 Å². The molecule has 0 fully saturated rings. The second-order valence-corrected chi connectivity index (χ2v) is 6.21. The molecule has 0 unspecified atom stereocenters. The highest BCUT2D eigenvalue weighted by Crippen LogP contribution is 2.28. The molecule has 21 heavy (non-hydrogen) atoms. The maximum absolute atomic E-state index is 12.4. The van der Waals surface area contributed by atoms with Gasteiger partial charge in [-0.15, -0.1) is 5.10 Å². The lowest BCUT2D eigenvalue weighted by molar-refractivity contribution is 0.370. The smallest absolute Gasteiger partial charge is 0.282 e. The van der Waals surface area contributed by atoms with E-state index in [1.165, 1.54) is 13.1 Å². The summed E-state index contributed by atoms with van der Waals surface area (Å²) in [6.07, 6.45) is 0. The lowest BCUT2D eigenvalue weighted by atomic mass is 10.3. The predicted molar refractivity (Wildman–Crippen MR) is 77.1 cm³/mol. The summed E-state index contributed by atoms with van der Waals surface area (Å²) in [4.78, 5) is 0. The van der Waals surface area contributed by atoms with Crippen LogP contribution in [-0.2, 0) is 17.1 Å². The summed E-state index contributed by atoms with van der Waals surface area (Å²) in [5, 5.41) is 15.7. The van der Waals surface area contributed by atoms with E-state index in [9.17, 15) is 8.42 Å². The number of rotatable bonds is 5. The normalized spacial score (nSPS) is 10.9. The van der Waals surface area contributed by atoms with E-state index in [2.05, 4.69) is 31.0 Å². The van der Waals surface area contributed by atoms with Crippen LogP contribution in [0, 0.1) is 11.3 Å². The molecule has 0 bridgehead atoms. The fourth-order valence-electron chi connectivity index (χ4n) is 1.59. The Hall–Kier alpha value is -2.12. The molecule has 0 amide bonds. The third-order valence-electron chi connectivity index (χ3n) is 2.42. The summed E-state index contributed by atoms with van der Waals surface area (Å²) in [6, 6.07) is 8.23. The average Bonchev–Trinajstić information content (AvgIpc) is 2.77. The van der Waals surface area contributed by atoms with Crippen molar-refractivity contribution in [1.82, 2.24) is 15.0 Å². The molecule has 0 aliphatic heterocycles. The maximum atomic E-state index is 12.4. The number of aromatic nitrogens is 3. The Bertz CT molecular complexity index is 777. The summed E-state index contributed by atoms with van der Waals surface area (Å²) < 4.78 is 33.5. The van der Waals surface area contributed by atoms with Gasteiger partial charge in [-0.3, -0.25) is 4.72 Å². The van der Waals surface area contributed by atoms with Gasteiger partial charge in [0.2, 0.25) is 5.03 Å². The molecule has 0 spiro atoms. The summed E-state index contributed by atoms with van der Waals surface area (Å²) in [5.41, 5.74) is 0.223. The molecule has 10 heteroatoms. The van der Waals surface area contributed by atoms with E-state index in [0.717, 1.165) is 4.68 Å². The average molecular weight is 372 g/mol. The lowest BCUT2D eigenvalue weighted by Gasteiger charge is -2.12. The number of hydrogen-bond acceptors (Lipinski definition) is 6. The first-order valence-electron chi connectivity index (χ1n) is 5.62. The number of anilines is 1. The highest BCUT2D eigenvalue weighted by Gasteiger charge is 2.25. The third-order valence-corrected chi connectivity index (χ3v) is 4.67. The predicted octanol–water partition coefficient (Wildman–Crippen LogP) is 1.28. The van der Waals surface area contributed by atoms with Gasteiger partial charge < -0.3 is 4.74 Å². The summed E-state index contributed by atoms with van der Waals surface area (Å²) in [7, 11) is -2.44. The molecule has 0 saturated heterocycles. The van der Waals surface area contributed by atoms with Gasteiger partial charge in [-0.25, -0.2) is 4.68 Å². The molecule has 2 aromatic rings. The Balaban J connectivity index is 2.36. The molecular formula is C11H10BrN5O3S. The van der Waals surface area contributed by atoms with E-state index in [4.69, 9.17) is 10.00 Å². The van der Waals surface area contributed by atoms with E-state index in [1.807, 2.05) is 6.07 Å². The topological polar surface area (TPSA) is 110 Å². The van der Waals surface area contributed by atoms with Crippen LogP contribution in [0.25, 0.3) is 0 Å². The molecule has 1 N–H and O–H groups in total. The molecule has 0 aliphatic rings. The zero-order chi connectivity index (χ0) is 15.5. The molecule has 1 heterocycles. The Morgan fingerprint density at radius 2 is 2.19 bits per heavy atom. The number of aryl methyl sites for hydroxylation is 1. The van der Waals surface area contributed by atoms with Gasteiger partial charge in [-0.05, 0) is 28.1 Å². The maximum Gasteiger partial charge on any atom is 0.282 e. The molecule has 1 aromatic carbocycles. The Morgan fingerprint density at radius 1 is 1.48 bits per heavy atom. The zero-order valence-electron chi connectivity index (χ0n) is 10.8. The van der Waals surface area contributed by atoms with Crippen molar-refractivity contribution in [3.8, 4) is 11.8 Å². The number of sulfonamides is 1. The third kappa shape index (κ3) is 3.32. The number of nitrogens with one attached hydrogen (secondary N) is 1. The number of ether oxygens (including phenoxy) is 1. The highest BCUT2D eigenvalue weighted by atomic mass is 79.9. The Labute approximate surface area is 129 Å². The molecule has 8 nitrogen and oxygen atoms in total. The van der Waals surface area contributed by atoms with Crippen molar-refractivity contribution in [2.45, 2.75) is 5.03 Å². The van der Waals surface area contributed by atoms with Crippen molar-refractivity contribution in [2.75, 3.05) is 11.3 Å². The highest BCUT2D eigenvalue weighted by molar-refractivity contribution is 9.10. The van der Waals surface area contributed by atoms with Gasteiger partial charge in [0.15, 0.2) is 11.2 Å². The van der Waals surface area contributed by atoms with Crippen molar-refractivity contribution in [3.63, 3.8) is 0 Å². The van der Waals surface area contributed by atoms with Gasteiger partial charge in [0.05, 0.1) is 5.69 Å². The molecular weight excluding hydrogens is 362 g/mol. The van der Waals surface area contributed by atoms with E-state index in [0.29, 0.717) is 0 Å². The monoisotopic (exact) mass is 371 g/mol. The van der Waals surface area contributed by atoms with Gasteiger partial charge in [0, 0.05) is 7.05 Å². The van der Waals surface area contributed by atoms with Gasteiger partial charge in [0.1, 0.15) is 11.8 Å². The number of nitrogens with zero attached hydrogens (tertiary/aromatic N) is 4. The minimum atomic E-state index is -3.90. The van der Waals surface area contributed by atoms with Gasteiger partial charge in [0.25, 0.3) is 10.0 Å². The van der Waals surface area contributed by atoms with Crippen LogP contribution in [0.2, 0.25) is 0 Å². The van der Waals surface area contributed by atoms with Crippen molar-refractivity contribution in [1.29, 1.82) is 5.26 Å². The molecule has 110 valence electrons. The van der Waals surface area contributed by atoms with Crippen molar-refractivity contribution in [3.05, 3.63) is 28.9 Å². The SMILES string of the molecule is Cn1nnc(Br)c1S(=O)(=O)Nc1ccccc1OCC#N. The van der Waals surface area contributed by atoms with Gasteiger partial charge in [-0.1, -0.05) is 17.3 Å². The first-order valence-corrected chi connectivity index (χ1v) is 7.90. The minimum Gasteiger partial charge on any atom is -0.477 e. The molecule has 0 saturated carbocycles. The van der Waals surface area contributed by atoms with Crippen LogP contribution >= 0.6 is 15.9 Å². The zero-order valence-corrected chi connectivity index (χ0v) is 13.2. The summed E-state index contributed by atoms with van der Waals surface area (Å²) >= 11 is 3.04. The standard InChI is InChI=1S/C11H10BrN5O3S/c1-17-11(10(12)14-16-17)21(18,19)15-8-4-2-3-5-9(8)20-7-6-13/h2-5,15H,7H2,1H3. The summed E-state index contributed by atoms with van der Waals surface area (Å²) in [6.45, 7) is -0.185. The number of hydrogen-bond donors (Lipinski definition) is 1. The number of benzene rings is 1. The second-order valence-electron chi connectivity index (χ2n) is 3.86. The van der Waals surface area contributed by atoms with Crippen LogP contribution in [0.3, 0.4) is 0 Å². The number of nitriles is 1. The van der Waals surface area contributed by atoms with Crippen molar-refractivity contribution < 1.29 is 13.2 Å². The van der Waals surface area contributed by atoms with Crippen LogP contribution in [0.4, 0.5) is 5.69 Å². The van der Waals surface area contributed by atoms with Crippen LogP contribution in [0.5, 0.6) is 5.75 Å². The van der Waals surface area contributed by atoms with E-state index >= 15 is 0 Å². The van der Waals surface area contributed by atoms with Crippen LogP contribution in [-0.4, -0.2) is 30.0 Å². The Morgan fingerprint density at radius 3 is 2.81 bits per heavy atom. The fourth-order valence-corrected chi connectivity index (χ4v) is 3.76. The second kappa shape index (κ2) is 6.11. The van der Waals surface area contributed by atoms with Crippen molar-refractivity contribution >= 4 is 31.6 Å². The molecule has 0 aliphatic carbocycles. The van der Waals surface area contributed by atoms with Gasteiger partial charge >= 0.3 is 0 Å². The van der Waals surface area contributed by atoms with Crippen molar-refractivity contribution in [2.24, 2.45) is 7.05 Å². The largest absolute Gasteiger partial charge is 0.477 e. The van der Waals surface area contributed by atoms with Crippen LogP contribution < -0.4 is 9.46 Å². The minimum absolute atomic E-state index is 0.105. The first kappa shape index (κ1) is 15.3. The number of halogens is 1. The lowest BCUT2D eigenvalue weighted by Crippen LogP contribution is -2.17. The Kier molecular flexibility index (Phi) is 4.44. The summed E-state index contributed by atoms with van der Waals surface area (Å²) in [5.74, 6) is 0.258. The van der Waals surface area contributed by atoms with E-state index in [1.54, 1.807) is 18.2 Å². The quantitative estimate of drug-likeness (QED) is 0.847.